The number of ether oxygens (including phenoxy) is 3. The van der Waals surface area contributed by atoms with Gasteiger partial charge in [-0.2, -0.15) is 0 Å². The minimum Gasteiger partial charge on any atom is -0.490 e. The van der Waals surface area contributed by atoms with E-state index in [0.29, 0.717) is 36.3 Å². The molecule has 122 valence electrons. The number of hydrogen-bond acceptors (Lipinski definition) is 4. The van der Waals surface area contributed by atoms with Crippen LogP contribution in [0, 0.1) is 5.82 Å². The first-order valence-corrected chi connectivity index (χ1v) is 7.50. The second-order valence-electron chi connectivity index (χ2n) is 4.90. The van der Waals surface area contributed by atoms with Gasteiger partial charge in [0.2, 0.25) is 5.88 Å². The smallest absolute Gasteiger partial charge is 0.213 e. The molecule has 0 aliphatic heterocycles. The fraction of sp³-hybridized carbons (Fsp3) is 0.105. The Morgan fingerprint density at radius 2 is 1.54 bits per heavy atom. The van der Waals surface area contributed by atoms with E-state index in [4.69, 9.17) is 14.2 Å². The van der Waals surface area contributed by atoms with E-state index in [2.05, 4.69) is 4.98 Å². The van der Waals surface area contributed by atoms with Crippen molar-refractivity contribution in [1.82, 2.24) is 4.98 Å². The van der Waals surface area contributed by atoms with Crippen molar-refractivity contribution in [2.24, 2.45) is 0 Å². The van der Waals surface area contributed by atoms with Crippen molar-refractivity contribution >= 4 is 0 Å². The summed E-state index contributed by atoms with van der Waals surface area (Å²) in [5.74, 6) is 2.00. The van der Waals surface area contributed by atoms with E-state index in [1.54, 1.807) is 48.7 Å². The molecule has 0 radical (unpaired) electrons. The van der Waals surface area contributed by atoms with Crippen molar-refractivity contribution in [2.45, 2.75) is 0 Å². The first kappa shape index (κ1) is 15.8. The Balaban J connectivity index is 1.46. The van der Waals surface area contributed by atoms with Gasteiger partial charge < -0.3 is 14.2 Å². The van der Waals surface area contributed by atoms with Crippen LogP contribution in [0.25, 0.3) is 0 Å². The summed E-state index contributed by atoms with van der Waals surface area (Å²) in [6.45, 7) is 0.805. The van der Waals surface area contributed by atoms with Crippen molar-refractivity contribution in [3.63, 3.8) is 0 Å². The molecule has 4 nitrogen and oxygen atoms in total. The predicted molar refractivity (Wildman–Crippen MR) is 88.1 cm³/mol. The maximum absolute atomic E-state index is 13.1. The molecular formula is C19H16FNO3. The molecule has 0 saturated heterocycles. The summed E-state index contributed by atoms with van der Waals surface area (Å²) in [5.41, 5.74) is 0. The van der Waals surface area contributed by atoms with Gasteiger partial charge in [0.05, 0.1) is 0 Å². The van der Waals surface area contributed by atoms with Gasteiger partial charge in [-0.25, -0.2) is 9.37 Å². The zero-order valence-electron chi connectivity index (χ0n) is 12.9. The Morgan fingerprint density at radius 1 is 0.750 bits per heavy atom. The van der Waals surface area contributed by atoms with Crippen LogP contribution >= 0.6 is 0 Å². The molecule has 0 aliphatic rings. The molecule has 0 bridgehead atoms. The fourth-order valence-corrected chi connectivity index (χ4v) is 2.01. The maximum atomic E-state index is 13.1. The van der Waals surface area contributed by atoms with Gasteiger partial charge in [-0.3, -0.25) is 0 Å². The fourth-order valence-electron chi connectivity index (χ4n) is 2.01. The van der Waals surface area contributed by atoms with Crippen molar-refractivity contribution in [2.75, 3.05) is 13.2 Å². The van der Waals surface area contributed by atoms with Crippen LogP contribution in [0.4, 0.5) is 4.39 Å². The second kappa shape index (κ2) is 7.97. The molecule has 3 aromatic rings. The Hall–Kier alpha value is -3.08. The second-order valence-corrected chi connectivity index (χ2v) is 4.90. The highest BCUT2D eigenvalue weighted by Crippen LogP contribution is 2.24. The van der Waals surface area contributed by atoms with E-state index in [-0.39, 0.29) is 5.82 Å². The van der Waals surface area contributed by atoms with Crippen molar-refractivity contribution < 1.29 is 18.6 Å². The number of halogens is 1. The van der Waals surface area contributed by atoms with Crippen LogP contribution in [-0.2, 0) is 0 Å². The number of pyridine rings is 1. The molecule has 0 aliphatic carbocycles. The molecule has 3 rings (SSSR count). The third kappa shape index (κ3) is 4.71. The van der Waals surface area contributed by atoms with Crippen LogP contribution in [0.1, 0.15) is 0 Å². The number of benzene rings is 2. The van der Waals surface area contributed by atoms with E-state index in [9.17, 15) is 4.39 Å². The average Bonchev–Trinajstić information content (AvgIpc) is 2.61. The Morgan fingerprint density at radius 3 is 2.29 bits per heavy atom. The summed E-state index contributed by atoms with van der Waals surface area (Å²) >= 11 is 0. The van der Waals surface area contributed by atoms with Gasteiger partial charge in [-0.05, 0) is 42.5 Å². The number of nitrogens with zero attached hydrogens (tertiary/aromatic N) is 1. The van der Waals surface area contributed by atoms with Gasteiger partial charge >= 0.3 is 0 Å². The quantitative estimate of drug-likeness (QED) is 0.601. The molecule has 0 atom stereocenters. The van der Waals surface area contributed by atoms with E-state index in [1.165, 1.54) is 12.1 Å². The summed E-state index contributed by atoms with van der Waals surface area (Å²) in [5, 5.41) is 0. The lowest BCUT2D eigenvalue weighted by atomic mass is 10.3. The third-order valence-corrected chi connectivity index (χ3v) is 3.10. The van der Waals surface area contributed by atoms with Gasteiger partial charge in [0, 0.05) is 18.3 Å². The molecule has 1 aromatic heterocycles. The number of aromatic nitrogens is 1. The van der Waals surface area contributed by atoms with Crippen LogP contribution in [0.15, 0.2) is 72.9 Å². The SMILES string of the molecule is Fc1cccc(Oc2ccc(OCCOc3ccccn3)cc2)c1. The van der Waals surface area contributed by atoms with Gasteiger partial charge in [0.15, 0.2) is 0 Å². The largest absolute Gasteiger partial charge is 0.490 e. The molecule has 0 spiro atoms. The Bertz CT molecular complexity index is 763. The van der Waals surface area contributed by atoms with Crippen molar-refractivity contribution in [1.29, 1.82) is 0 Å². The third-order valence-electron chi connectivity index (χ3n) is 3.10. The van der Waals surface area contributed by atoms with Gasteiger partial charge in [0.1, 0.15) is 36.3 Å². The maximum Gasteiger partial charge on any atom is 0.213 e. The Labute approximate surface area is 139 Å². The molecule has 0 unspecified atom stereocenters. The lowest BCUT2D eigenvalue weighted by Gasteiger charge is -2.09. The molecule has 1 heterocycles. The van der Waals surface area contributed by atoms with Gasteiger partial charge in [0.25, 0.3) is 0 Å². The van der Waals surface area contributed by atoms with E-state index >= 15 is 0 Å². The summed E-state index contributed by atoms with van der Waals surface area (Å²) < 4.78 is 29.7. The number of rotatable bonds is 7. The number of hydrogen-bond donors (Lipinski definition) is 0. The molecule has 24 heavy (non-hydrogen) atoms. The lowest BCUT2D eigenvalue weighted by Crippen LogP contribution is -2.09. The molecular weight excluding hydrogens is 309 g/mol. The zero-order valence-corrected chi connectivity index (χ0v) is 12.9. The highest BCUT2D eigenvalue weighted by molar-refractivity contribution is 5.35. The van der Waals surface area contributed by atoms with Crippen LogP contribution < -0.4 is 14.2 Å². The minimum atomic E-state index is -0.333. The summed E-state index contributed by atoms with van der Waals surface area (Å²) in [6, 6.07) is 18.6. The minimum absolute atomic E-state index is 0.333. The lowest BCUT2D eigenvalue weighted by molar-refractivity contribution is 0.212. The average molecular weight is 325 g/mol. The molecule has 0 N–H and O–H groups in total. The topological polar surface area (TPSA) is 40.6 Å². The molecule has 0 amide bonds. The van der Waals surface area contributed by atoms with E-state index < -0.39 is 0 Å². The van der Waals surface area contributed by atoms with Gasteiger partial charge in [-0.15, -0.1) is 0 Å². The van der Waals surface area contributed by atoms with Crippen LogP contribution in [-0.4, -0.2) is 18.2 Å². The van der Waals surface area contributed by atoms with E-state index in [1.807, 2.05) is 12.1 Å². The first-order valence-electron chi connectivity index (χ1n) is 7.50. The van der Waals surface area contributed by atoms with Gasteiger partial charge in [-0.1, -0.05) is 12.1 Å². The van der Waals surface area contributed by atoms with Crippen LogP contribution in [0.2, 0.25) is 0 Å². The Kier molecular flexibility index (Phi) is 5.24. The normalized spacial score (nSPS) is 10.2. The molecule has 5 heteroatoms. The van der Waals surface area contributed by atoms with Crippen LogP contribution in [0.3, 0.4) is 0 Å². The zero-order chi connectivity index (χ0) is 16.6. The predicted octanol–water partition coefficient (Wildman–Crippen LogP) is 4.47. The molecule has 0 saturated carbocycles. The standard InChI is InChI=1S/C19H16FNO3/c20-15-4-3-5-18(14-15)24-17-9-7-16(8-10-17)22-12-13-23-19-6-1-2-11-21-19/h1-11,14H,12-13H2. The summed E-state index contributed by atoms with van der Waals surface area (Å²) in [4.78, 5) is 4.06. The van der Waals surface area contributed by atoms with Crippen LogP contribution in [0.5, 0.6) is 23.1 Å². The monoisotopic (exact) mass is 325 g/mol. The van der Waals surface area contributed by atoms with Crippen molar-refractivity contribution in [3.05, 3.63) is 78.7 Å². The summed E-state index contributed by atoms with van der Waals surface area (Å²) in [7, 11) is 0. The highest BCUT2D eigenvalue weighted by atomic mass is 19.1. The highest BCUT2D eigenvalue weighted by Gasteiger charge is 2.00. The van der Waals surface area contributed by atoms with Crippen molar-refractivity contribution in [3.8, 4) is 23.1 Å². The first-order chi connectivity index (χ1) is 11.8. The summed E-state index contributed by atoms with van der Waals surface area (Å²) in [6.07, 6.45) is 1.67. The molecule has 2 aromatic carbocycles. The van der Waals surface area contributed by atoms with E-state index in [0.717, 1.165) is 0 Å². The molecule has 0 fully saturated rings.